The summed E-state index contributed by atoms with van der Waals surface area (Å²) < 4.78 is 20.5. The predicted molar refractivity (Wildman–Crippen MR) is 61.6 cm³/mol. The number of ether oxygens (including phenoxy) is 1. The summed E-state index contributed by atoms with van der Waals surface area (Å²) in [5.41, 5.74) is -1.09. The third-order valence-electron chi connectivity index (χ3n) is 2.86. The Bertz CT molecular complexity index is 284. The zero-order valence-electron chi connectivity index (χ0n) is 8.59. The van der Waals surface area contributed by atoms with Gasteiger partial charge in [0.15, 0.2) is 0 Å². The molecule has 0 spiro atoms. The number of rotatable bonds is 2. The standard InChI is InChI=1S/C11H15BrFNO/c12-10-3-1-2-6-14(10)9-11(13)4-7-15-8-5-11/h1-3H,4-9H2. The number of nitrogens with zero attached hydrogens (tertiary/aromatic N) is 1. The van der Waals surface area contributed by atoms with Crippen molar-refractivity contribution >= 4 is 15.9 Å². The molecule has 0 N–H and O–H groups in total. The molecule has 2 nitrogen and oxygen atoms in total. The van der Waals surface area contributed by atoms with E-state index in [0.717, 1.165) is 11.2 Å². The highest BCUT2D eigenvalue weighted by Gasteiger charge is 2.34. The molecular formula is C11H15BrFNO. The lowest BCUT2D eigenvalue weighted by molar-refractivity contribution is -0.0202. The van der Waals surface area contributed by atoms with Gasteiger partial charge in [-0.15, -0.1) is 0 Å². The van der Waals surface area contributed by atoms with Crippen molar-refractivity contribution in [3.05, 3.63) is 22.8 Å². The normalized spacial score (nSPS) is 25.2. The lowest BCUT2D eigenvalue weighted by Crippen LogP contribution is -2.43. The smallest absolute Gasteiger partial charge is 0.132 e. The Morgan fingerprint density at radius 2 is 2.20 bits per heavy atom. The average Bonchev–Trinajstić information content (AvgIpc) is 2.22. The first-order valence-corrected chi connectivity index (χ1v) is 6.03. The minimum absolute atomic E-state index is 0.456. The molecule has 0 atom stereocenters. The molecule has 2 rings (SSSR count). The Balaban J connectivity index is 1.95. The second-order valence-electron chi connectivity index (χ2n) is 4.06. The van der Waals surface area contributed by atoms with Crippen LogP contribution in [0.15, 0.2) is 22.8 Å². The maximum Gasteiger partial charge on any atom is 0.132 e. The van der Waals surface area contributed by atoms with Gasteiger partial charge in [0.05, 0.1) is 11.2 Å². The molecule has 15 heavy (non-hydrogen) atoms. The first-order valence-electron chi connectivity index (χ1n) is 5.24. The molecule has 0 aromatic carbocycles. The molecule has 0 radical (unpaired) electrons. The summed E-state index contributed by atoms with van der Waals surface area (Å²) >= 11 is 3.44. The summed E-state index contributed by atoms with van der Waals surface area (Å²) in [6.07, 6.45) is 6.98. The van der Waals surface area contributed by atoms with Crippen LogP contribution < -0.4 is 0 Å². The van der Waals surface area contributed by atoms with Gasteiger partial charge in [-0.05, 0) is 22.0 Å². The Kier molecular flexibility index (Phi) is 3.46. The van der Waals surface area contributed by atoms with E-state index in [1.54, 1.807) is 0 Å². The van der Waals surface area contributed by atoms with Gasteiger partial charge in [0, 0.05) is 32.6 Å². The molecule has 0 bridgehead atoms. The van der Waals surface area contributed by atoms with Crippen LogP contribution in [0.2, 0.25) is 0 Å². The molecule has 2 aliphatic heterocycles. The SMILES string of the molecule is FC1(CN2CC=CC=C2Br)CCOCC1. The van der Waals surface area contributed by atoms with Crippen LogP contribution in [0.25, 0.3) is 0 Å². The van der Waals surface area contributed by atoms with Crippen molar-refractivity contribution in [2.45, 2.75) is 18.5 Å². The van der Waals surface area contributed by atoms with Gasteiger partial charge in [0.1, 0.15) is 5.67 Å². The minimum Gasteiger partial charge on any atom is -0.381 e. The molecule has 0 saturated carbocycles. The number of allylic oxidation sites excluding steroid dienone is 2. The van der Waals surface area contributed by atoms with E-state index < -0.39 is 5.67 Å². The van der Waals surface area contributed by atoms with Crippen LogP contribution in [-0.4, -0.2) is 36.9 Å². The van der Waals surface area contributed by atoms with Crippen molar-refractivity contribution in [3.8, 4) is 0 Å². The summed E-state index contributed by atoms with van der Waals surface area (Å²) in [6.45, 7) is 2.32. The van der Waals surface area contributed by atoms with Crippen LogP contribution in [-0.2, 0) is 4.74 Å². The highest BCUT2D eigenvalue weighted by Crippen LogP contribution is 2.29. The van der Waals surface area contributed by atoms with Crippen LogP contribution in [0.1, 0.15) is 12.8 Å². The van der Waals surface area contributed by atoms with Crippen molar-refractivity contribution in [3.63, 3.8) is 0 Å². The third kappa shape index (κ3) is 2.82. The molecule has 0 aliphatic carbocycles. The van der Waals surface area contributed by atoms with Crippen LogP contribution in [0.4, 0.5) is 4.39 Å². The summed E-state index contributed by atoms with van der Waals surface area (Å²) in [4.78, 5) is 2.02. The average molecular weight is 276 g/mol. The third-order valence-corrected chi connectivity index (χ3v) is 3.63. The summed E-state index contributed by atoms with van der Waals surface area (Å²) in [5.74, 6) is 0. The molecular weight excluding hydrogens is 261 g/mol. The lowest BCUT2D eigenvalue weighted by atomic mass is 9.96. The van der Waals surface area contributed by atoms with E-state index in [4.69, 9.17) is 4.74 Å². The Hall–Kier alpha value is -0.350. The van der Waals surface area contributed by atoms with Crippen LogP contribution in [0, 0.1) is 0 Å². The number of hydrogen-bond donors (Lipinski definition) is 0. The van der Waals surface area contributed by atoms with Crippen molar-refractivity contribution in [1.29, 1.82) is 0 Å². The molecule has 0 unspecified atom stereocenters. The van der Waals surface area contributed by atoms with E-state index in [0.29, 0.717) is 32.6 Å². The molecule has 0 aromatic heterocycles. The molecule has 4 heteroatoms. The topological polar surface area (TPSA) is 12.5 Å². The van der Waals surface area contributed by atoms with E-state index in [-0.39, 0.29) is 0 Å². The van der Waals surface area contributed by atoms with E-state index in [9.17, 15) is 4.39 Å². The monoisotopic (exact) mass is 275 g/mol. The van der Waals surface area contributed by atoms with Crippen LogP contribution in [0.5, 0.6) is 0 Å². The van der Waals surface area contributed by atoms with Gasteiger partial charge in [0.2, 0.25) is 0 Å². The second-order valence-corrected chi connectivity index (χ2v) is 4.87. The van der Waals surface area contributed by atoms with Crippen molar-refractivity contribution in [1.82, 2.24) is 4.90 Å². The first-order chi connectivity index (χ1) is 7.20. The Morgan fingerprint density at radius 1 is 1.47 bits per heavy atom. The quantitative estimate of drug-likeness (QED) is 0.719. The second kappa shape index (κ2) is 4.66. The summed E-state index contributed by atoms with van der Waals surface area (Å²) in [7, 11) is 0. The molecule has 2 aliphatic rings. The molecule has 2 heterocycles. The molecule has 1 fully saturated rings. The van der Waals surface area contributed by atoms with Gasteiger partial charge in [-0.2, -0.15) is 0 Å². The van der Waals surface area contributed by atoms with Crippen molar-refractivity contribution < 1.29 is 9.13 Å². The van der Waals surface area contributed by atoms with Gasteiger partial charge >= 0.3 is 0 Å². The van der Waals surface area contributed by atoms with E-state index in [2.05, 4.69) is 15.9 Å². The predicted octanol–water partition coefficient (Wildman–Crippen LogP) is 2.61. The molecule has 1 saturated heterocycles. The maximum atomic E-state index is 14.3. The minimum atomic E-state index is -1.09. The number of hydrogen-bond acceptors (Lipinski definition) is 2. The maximum absolute atomic E-state index is 14.3. The fourth-order valence-electron chi connectivity index (χ4n) is 1.91. The Labute approximate surface area is 97.9 Å². The molecule has 84 valence electrons. The molecule has 0 amide bonds. The van der Waals surface area contributed by atoms with Gasteiger partial charge in [0.25, 0.3) is 0 Å². The van der Waals surface area contributed by atoms with Gasteiger partial charge in [-0.25, -0.2) is 4.39 Å². The van der Waals surface area contributed by atoms with Crippen LogP contribution >= 0.6 is 15.9 Å². The van der Waals surface area contributed by atoms with Gasteiger partial charge in [-0.3, -0.25) is 0 Å². The largest absolute Gasteiger partial charge is 0.381 e. The summed E-state index contributed by atoms with van der Waals surface area (Å²) in [6, 6.07) is 0. The van der Waals surface area contributed by atoms with Crippen molar-refractivity contribution in [2.24, 2.45) is 0 Å². The van der Waals surface area contributed by atoms with Crippen molar-refractivity contribution in [2.75, 3.05) is 26.3 Å². The fraction of sp³-hybridized carbons (Fsp3) is 0.636. The zero-order chi connectivity index (χ0) is 10.7. The Morgan fingerprint density at radius 3 is 2.87 bits per heavy atom. The number of alkyl halides is 1. The van der Waals surface area contributed by atoms with E-state index in [1.165, 1.54) is 0 Å². The van der Waals surface area contributed by atoms with E-state index >= 15 is 0 Å². The number of halogens is 2. The highest BCUT2D eigenvalue weighted by atomic mass is 79.9. The summed E-state index contributed by atoms with van der Waals surface area (Å²) in [5, 5.41) is 0. The zero-order valence-corrected chi connectivity index (χ0v) is 10.2. The highest BCUT2D eigenvalue weighted by molar-refractivity contribution is 9.11. The molecule has 0 aromatic rings. The van der Waals surface area contributed by atoms with Gasteiger partial charge < -0.3 is 9.64 Å². The fourth-order valence-corrected chi connectivity index (χ4v) is 2.33. The lowest BCUT2D eigenvalue weighted by Gasteiger charge is -2.36. The van der Waals surface area contributed by atoms with Crippen LogP contribution in [0.3, 0.4) is 0 Å². The van der Waals surface area contributed by atoms with Gasteiger partial charge in [-0.1, -0.05) is 12.2 Å². The first kappa shape index (κ1) is 11.1. The van der Waals surface area contributed by atoms with E-state index in [1.807, 2.05) is 23.1 Å².